The summed E-state index contributed by atoms with van der Waals surface area (Å²) < 4.78 is 11.2. The standard InChI is InChI=1S/C10H15NO3S3/c1-2-9(12)11-3-4-16-10(15)17-8-5-13-7-14-6-8/h2,8H,1,3-7H2,(H,11,12). The van der Waals surface area contributed by atoms with Gasteiger partial charge in [0.05, 0.1) is 18.5 Å². The van der Waals surface area contributed by atoms with Gasteiger partial charge in [-0.3, -0.25) is 4.79 Å². The molecule has 0 saturated carbocycles. The minimum Gasteiger partial charge on any atom is -0.354 e. The predicted molar refractivity (Wildman–Crippen MR) is 76.4 cm³/mol. The van der Waals surface area contributed by atoms with Gasteiger partial charge in [-0.1, -0.05) is 30.6 Å². The average Bonchev–Trinajstić information content (AvgIpc) is 2.35. The van der Waals surface area contributed by atoms with Crippen molar-refractivity contribution >= 4 is 45.2 Å². The topological polar surface area (TPSA) is 47.6 Å². The van der Waals surface area contributed by atoms with E-state index in [1.807, 2.05) is 0 Å². The molecule has 1 aliphatic rings. The van der Waals surface area contributed by atoms with Crippen molar-refractivity contribution in [3.63, 3.8) is 0 Å². The molecule has 0 spiro atoms. The highest BCUT2D eigenvalue weighted by Crippen LogP contribution is 2.23. The van der Waals surface area contributed by atoms with Crippen LogP contribution in [0.2, 0.25) is 0 Å². The van der Waals surface area contributed by atoms with Gasteiger partial charge in [0, 0.05) is 12.3 Å². The third-order valence-electron chi connectivity index (χ3n) is 1.84. The first kappa shape index (κ1) is 15.0. The van der Waals surface area contributed by atoms with Crippen molar-refractivity contribution in [3.05, 3.63) is 12.7 Å². The molecule has 4 nitrogen and oxygen atoms in total. The van der Waals surface area contributed by atoms with Crippen LogP contribution in [-0.4, -0.2) is 47.0 Å². The Kier molecular flexibility index (Phi) is 7.87. The monoisotopic (exact) mass is 293 g/mol. The lowest BCUT2D eigenvalue weighted by Gasteiger charge is -2.21. The third-order valence-corrected chi connectivity index (χ3v) is 4.57. The van der Waals surface area contributed by atoms with E-state index >= 15 is 0 Å². The molecule has 1 saturated heterocycles. The summed E-state index contributed by atoms with van der Waals surface area (Å²) in [6.45, 7) is 5.70. The summed E-state index contributed by atoms with van der Waals surface area (Å²) in [5.41, 5.74) is 0. The van der Waals surface area contributed by atoms with Crippen LogP contribution in [0, 0.1) is 0 Å². The molecule has 1 aliphatic heterocycles. The highest BCUT2D eigenvalue weighted by Gasteiger charge is 2.16. The van der Waals surface area contributed by atoms with Gasteiger partial charge in [0.15, 0.2) is 0 Å². The molecule has 0 aliphatic carbocycles. The Morgan fingerprint density at radius 3 is 2.88 bits per heavy atom. The van der Waals surface area contributed by atoms with Gasteiger partial charge in [0.2, 0.25) is 5.91 Å². The molecule has 0 atom stereocenters. The molecule has 0 aromatic carbocycles. The number of nitrogens with one attached hydrogen (secondary N) is 1. The number of amides is 1. The highest BCUT2D eigenvalue weighted by atomic mass is 32.2. The van der Waals surface area contributed by atoms with Crippen LogP contribution >= 0.6 is 35.7 Å². The molecule has 1 fully saturated rings. The summed E-state index contributed by atoms with van der Waals surface area (Å²) in [5, 5.41) is 2.98. The Hall–Kier alpha value is -0.0800. The molecule has 1 heterocycles. The maximum Gasteiger partial charge on any atom is 0.243 e. The molecule has 1 rings (SSSR count). The van der Waals surface area contributed by atoms with E-state index in [1.165, 1.54) is 6.08 Å². The van der Waals surface area contributed by atoms with Crippen LogP contribution in [0.3, 0.4) is 0 Å². The van der Waals surface area contributed by atoms with Crippen LogP contribution < -0.4 is 5.32 Å². The molecule has 1 N–H and O–H groups in total. The number of hydrogen-bond donors (Lipinski definition) is 1. The van der Waals surface area contributed by atoms with Crippen LogP contribution in [-0.2, 0) is 14.3 Å². The van der Waals surface area contributed by atoms with Crippen molar-refractivity contribution in [2.24, 2.45) is 0 Å². The second kappa shape index (κ2) is 8.93. The van der Waals surface area contributed by atoms with Crippen LogP contribution in [0.5, 0.6) is 0 Å². The van der Waals surface area contributed by atoms with Crippen molar-refractivity contribution < 1.29 is 14.3 Å². The minimum atomic E-state index is -0.154. The maximum atomic E-state index is 10.9. The van der Waals surface area contributed by atoms with Gasteiger partial charge in [-0.2, -0.15) is 0 Å². The molecule has 0 aromatic rings. The Morgan fingerprint density at radius 2 is 2.24 bits per heavy atom. The lowest BCUT2D eigenvalue weighted by atomic mass is 10.5. The van der Waals surface area contributed by atoms with E-state index in [2.05, 4.69) is 11.9 Å². The Balaban J connectivity index is 2.04. The normalized spacial score (nSPS) is 16.5. The number of carbonyl (C=O) groups excluding carboxylic acids is 1. The Bertz CT molecular complexity index is 280. The van der Waals surface area contributed by atoms with Gasteiger partial charge in [0.25, 0.3) is 0 Å². The van der Waals surface area contributed by atoms with Crippen molar-refractivity contribution in [1.29, 1.82) is 0 Å². The van der Waals surface area contributed by atoms with E-state index in [4.69, 9.17) is 21.7 Å². The van der Waals surface area contributed by atoms with E-state index in [1.54, 1.807) is 23.5 Å². The molecule has 7 heteroatoms. The number of rotatable bonds is 5. The first-order valence-electron chi connectivity index (χ1n) is 5.11. The van der Waals surface area contributed by atoms with Gasteiger partial charge in [-0.05, 0) is 6.08 Å². The summed E-state index contributed by atoms with van der Waals surface area (Å²) in [6, 6.07) is 0. The number of hydrogen-bond acceptors (Lipinski definition) is 6. The summed E-state index contributed by atoms with van der Waals surface area (Å²) in [4.78, 5) is 10.9. The fourth-order valence-electron chi connectivity index (χ4n) is 1.09. The summed E-state index contributed by atoms with van der Waals surface area (Å²) >= 11 is 8.38. The fourth-order valence-corrected chi connectivity index (χ4v) is 3.65. The highest BCUT2D eigenvalue weighted by molar-refractivity contribution is 8.47. The van der Waals surface area contributed by atoms with Crippen molar-refractivity contribution in [2.45, 2.75) is 5.25 Å². The molecular formula is C10H15NO3S3. The van der Waals surface area contributed by atoms with Crippen molar-refractivity contribution in [1.82, 2.24) is 5.32 Å². The maximum absolute atomic E-state index is 10.9. The lowest BCUT2D eigenvalue weighted by molar-refractivity contribution is -0.116. The molecule has 17 heavy (non-hydrogen) atoms. The zero-order valence-electron chi connectivity index (χ0n) is 9.35. The Labute approximate surface area is 115 Å². The molecule has 96 valence electrons. The van der Waals surface area contributed by atoms with E-state index in [0.29, 0.717) is 26.6 Å². The number of carbonyl (C=O) groups is 1. The number of ether oxygens (including phenoxy) is 2. The largest absolute Gasteiger partial charge is 0.354 e. The first-order chi connectivity index (χ1) is 8.22. The smallest absolute Gasteiger partial charge is 0.243 e. The predicted octanol–water partition coefficient (Wildman–Crippen LogP) is 1.41. The van der Waals surface area contributed by atoms with E-state index in [-0.39, 0.29) is 11.2 Å². The zero-order chi connectivity index (χ0) is 12.5. The number of thiocarbonyl (C=S) groups is 1. The van der Waals surface area contributed by atoms with E-state index in [9.17, 15) is 4.79 Å². The van der Waals surface area contributed by atoms with Crippen LogP contribution in [0.25, 0.3) is 0 Å². The molecule has 0 unspecified atom stereocenters. The second-order valence-corrected chi connectivity index (χ2v) is 6.79. The van der Waals surface area contributed by atoms with Gasteiger partial charge >= 0.3 is 0 Å². The third kappa shape index (κ3) is 7.05. The van der Waals surface area contributed by atoms with Crippen LogP contribution in [0.1, 0.15) is 0 Å². The first-order valence-corrected chi connectivity index (χ1v) is 7.39. The fraction of sp³-hybridized carbons (Fsp3) is 0.600. The summed E-state index contributed by atoms with van der Waals surface area (Å²) in [6.07, 6.45) is 1.26. The van der Waals surface area contributed by atoms with Crippen molar-refractivity contribution in [3.8, 4) is 0 Å². The van der Waals surface area contributed by atoms with Crippen molar-refractivity contribution in [2.75, 3.05) is 32.3 Å². The lowest BCUT2D eigenvalue weighted by Crippen LogP contribution is -2.27. The molecule has 0 bridgehead atoms. The Morgan fingerprint density at radius 1 is 1.53 bits per heavy atom. The molecule has 1 amide bonds. The van der Waals surface area contributed by atoms with Gasteiger partial charge in [0.1, 0.15) is 10.3 Å². The summed E-state index contributed by atoms with van der Waals surface area (Å²) in [7, 11) is 0. The second-order valence-electron chi connectivity index (χ2n) is 3.19. The van der Waals surface area contributed by atoms with E-state index < -0.39 is 0 Å². The van der Waals surface area contributed by atoms with Crippen LogP contribution in [0.4, 0.5) is 0 Å². The SMILES string of the molecule is C=CC(=O)NCCSC(=S)SC1COCOC1. The quantitative estimate of drug-likeness (QED) is 0.470. The summed E-state index contributed by atoms with van der Waals surface area (Å²) in [5.74, 6) is 0.609. The van der Waals surface area contributed by atoms with Gasteiger partial charge < -0.3 is 14.8 Å². The van der Waals surface area contributed by atoms with Crippen LogP contribution in [0.15, 0.2) is 12.7 Å². The average molecular weight is 293 g/mol. The van der Waals surface area contributed by atoms with Gasteiger partial charge in [-0.25, -0.2) is 0 Å². The zero-order valence-corrected chi connectivity index (χ0v) is 11.8. The van der Waals surface area contributed by atoms with E-state index in [0.717, 1.165) is 9.28 Å². The minimum absolute atomic E-state index is 0.154. The number of thioether (sulfide) groups is 2. The van der Waals surface area contributed by atoms with Gasteiger partial charge in [-0.15, -0.1) is 11.8 Å². The molecule has 0 radical (unpaired) electrons. The molecular weight excluding hydrogens is 278 g/mol. The molecule has 0 aromatic heterocycles.